The molecule has 2 amide bonds. The number of hydrogen-bond donors (Lipinski definition) is 2. The molecule has 1 aliphatic rings. The molecule has 0 aromatic heterocycles. The average Bonchev–Trinajstić information content (AvgIpc) is 2.38. The van der Waals surface area contributed by atoms with Gasteiger partial charge in [0.25, 0.3) is 0 Å². The van der Waals surface area contributed by atoms with Crippen LogP contribution in [-0.2, 0) is 6.42 Å². The van der Waals surface area contributed by atoms with Crippen LogP contribution in [0, 0.1) is 0 Å². The highest BCUT2D eigenvalue weighted by Gasteiger charge is 2.21. The van der Waals surface area contributed by atoms with E-state index in [2.05, 4.69) is 10.6 Å². The van der Waals surface area contributed by atoms with Crippen molar-refractivity contribution in [3.05, 3.63) is 23.8 Å². The highest BCUT2D eigenvalue weighted by atomic mass is 16.5. The largest absolute Gasteiger partial charge is 0.497 e. The molecule has 1 heterocycles. The van der Waals surface area contributed by atoms with Crippen LogP contribution in [-0.4, -0.2) is 32.3 Å². The van der Waals surface area contributed by atoms with Crippen LogP contribution >= 0.6 is 0 Å². The second-order valence-corrected chi connectivity index (χ2v) is 4.19. The van der Waals surface area contributed by atoms with E-state index in [9.17, 15) is 4.79 Å². The summed E-state index contributed by atoms with van der Waals surface area (Å²) in [6.45, 7) is 3.00. The molecule has 0 spiro atoms. The number of hydrogen-bond acceptors (Lipinski definition) is 3. The lowest BCUT2D eigenvalue weighted by Gasteiger charge is -2.26. The van der Waals surface area contributed by atoms with E-state index in [0.29, 0.717) is 13.2 Å². The molecule has 1 atom stereocenters. The van der Waals surface area contributed by atoms with Gasteiger partial charge in [-0.05, 0) is 37.1 Å². The summed E-state index contributed by atoms with van der Waals surface area (Å²) >= 11 is 0. The minimum absolute atomic E-state index is 0.00356. The van der Waals surface area contributed by atoms with Crippen LogP contribution in [0.25, 0.3) is 0 Å². The van der Waals surface area contributed by atoms with Gasteiger partial charge in [-0.25, -0.2) is 4.79 Å². The number of benzene rings is 1. The molecule has 5 nitrogen and oxygen atoms in total. The van der Waals surface area contributed by atoms with Gasteiger partial charge in [0.1, 0.15) is 18.1 Å². The molecule has 0 radical (unpaired) electrons. The van der Waals surface area contributed by atoms with Crippen molar-refractivity contribution in [1.29, 1.82) is 0 Å². The quantitative estimate of drug-likeness (QED) is 0.850. The smallest absolute Gasteiger partial charge is 0.315 e. The number of nitrogens with one attached hydrogen (secondary N) is 2. The topological polar surface area (TPSA) is 59.6 Å². The lowest BCUT2D eigenvalue weighted by Crippen LogP contribution is -2.47. The summed E-state index contributed by atoms with van der Waals surface area (Å²) in [5.41, 5.74) is 1.06. The summed E-state index contributed by atoms with van der Waals surface area (Å²) in [7, 11) is 1.63. The number of methoxy groups -OCH3 is 1. The first-order chi connectivity index (χ1) is 8.72. The van der Waals surface area contributed by atoms with Gasteiger partial charge in [-0.3, -0.25) is 0 Å². The number of carbonyl (C=O) groups excluding carboxylic acids is 1. The molecular weight excluding hydrogens is 232 g/mol. The Balaban J connectivity index is 2.02. The van der Waals surface area contributed by atoms with Gasteiger partial charge in [0.15, 0.2) is 0 Å². The first-order valence-electron chi connectivity index (χ1n) is 6.07. The normalized spacial score (nSPS) is 17.3. The molecule has 2 N–H and O–H groups in total. The molecule has 2 rings (SSSR count). The summed E-state index contributed by atoms with van der Waals surface area (Å²) < 4.78 is 10.8. The third kappa shape index (κ3) is 2.85. The third-order valence-electron chi connectivity index (χ3n) is 2.85. The molecule has 0 saturated carbocycles. The zero-order valence-corrected chi connectivity index (χ0v) is 10.7. The van der Waals surface area contributed by atoms with Crippen LogP contribution in [0.3, 0.4) is 0 Å². The lowest BCUT2D eigenvalue weighted by atomic mass is 10.0. The Morgan fingerprint density at radius 3 is 3.11 bits per heavy atom. The Hall–Kier alpha value is -1.91. The van der Waals surface area contributed by atoms with E-state index in [4.69, 9.17) is 9.47 Å². The maximum absolute atomic E-state index is 11.4. The number of carbonyl (C=O) groups is 1. The second-order valence-electron chi connectivity index (χ2n) is 4.19. The standard InChI is InChI=1S/C13H18N2O3/c1-3-14-13(16)15-10-6-9-7-11(17-2)4-5-12(9)18-8-10/h4-5,7,10H,3,6,8H2,1-2H3,(H2,14,15,16). The molecule has 0 bridgehead atoms. The van der Waals surface area contributed by atoms with Gasteiger partial charge in [-0.2, -0.15) is 0 Å². The molecule has 98 valence electrons. The molecule has 18 heavy (non-hydrogen) atoms. The Morgan fingerprint density at radius 2 is 2.39 bits per heavy atom. The summed E-state index contributed by atoms with van der Waals surface area (Å²) in [5.74, 6) is 1.67. The highest BCUT2D eigenvalue weighted by Crippen LogP contribution is 2.28. The van der Waals surface area contributed by atoms with E-state index in [1.54, 1.807) is 7.11 Å². The van der Waals surface area contributed by atoms with Gasteiger partial charge in [0.2, 0.25) is 0 Å². The van der Waals surface area contributed by atoms with E-state index in [0.717, 1.165) is 23.5 Å². The number of ether oxygens (including phenoxy) is 2. The Kier molecular flexibility index (Phi) is 3.92. The average molecular weight is 250 g/mol. The summed E-state index contributed by atoms with van der Waals surface area (Å²) in [5, 5.41) is 5.59. The van der Waals surface area contributed by atoms with E-state index in [1.165, 1.54) is 0 Å². The van der Waals surface area contributed by atoms with Gasteiger partial charge >= 0.3 is 6.03 Å². The fourth-order valence-electron chi connectivity index (χ4n) is 1.99. The van der Waals surface area contributed by atoms with Crippen molar-refractivity contribution in [2.45, 2.75) is 19.4 Å². The lowest BCUT2D eigenvalue weighted by molar-refractivity contribution is 0.214. The molecule has 1 unspecified atom stereocenters. The first-order valence-corrected chi connectivity index (χ1v) is 6.07. The molecular formula is C13H18N2O3. The minimum Gasteiger partial charge on any atom is -0.497 e. The van der Waals surface area contributed by atoms with E-state index >= 15 is 0 Å². The van der Waals surface area contributed by atoms with E-state index in [-0.39, 0.29) is 12.1 Å². The van der Waals surface area contributed by atoms with Crippen LogP contribution in [0.5, 0.6) is 11.5 Å². The molecule has 0 aliphatic carbocycles. The number of amides is 2. The van der Waals surface area contributed by atoms with Gasteiger partial charge in [0, 0.05) is 6.54 Å². The van der Waals surface area contributed by atoms with Crippen LogP contribution in [0.1, 0.15) is 12.5 Å². The van der Waals surface area contributed by atoms with Crippen molar-refractivity contribution in [3.8, 4) is 11.5 Å². The van der Waals surface area contributed by atoms with E-state index < -0.39 is 0 Å². The van der Waals surface area contributed by atoms with Gasteiger partial charge < -0.3 is 20.1 Å². The van der Waals surface area contributed by atoms with Gasteiger partial charge in [0.05, 0.1) is 13.2 Å². The molecule has 0 saturated heterocycles. The zero-order valence-electron chi connectivity index (χ0n) is 10.7. The summed E-state index contributed by atoms with van der Waals surface area (Å²) in [6, 6.07) is 5.56. The van der Waals surface area contributed by atoms with Crippen molar-refractivity contribution < 1.29 is 14.3 Å². The maximum atomic E-state index is 11.4. The van der Waals surface area contributed by atoms with Gasteiger partial charge in [-0.15, -0.1) is 0 Å². The van der Waals surface area contributed by atoms with Crippen LogP contribution in [0.15, 0.2) is 18.2 Å². The zero-order chi connectivity index (χ0) is 13.0. The Morgan fingerprint density at radius 1 is 1.56 bits per heavy atom. The minimum atomic E-state index is -0.155. The van der Waals surface area contributed by atoms with E-state index in [1.807, 2.05) is 25.1 Å². The van der Waals surface area contributed by atoms with Crippen LogP contribution < -0.4 is 20.1 Å². The molecule has 1 aromatic carbocycles. The molecule has 1 aliphatic heterocycles. The Labute approximate surface area is 106 Å². The fraction of sp³-hybridized carbons (Fsp3) is 0.462. The van der Waals surface area contributed by atoms with Crippen molar-refractivity contribution in [3.63, 3.8) is 0 Å². The van der Waals surface area contributed by atoms with Crippen molar-refractivity contribution in [1.82, 2.24) is 10.6 Å². The summed E-state index contributed by atoms with van der Waals surface area (Å²) in [4.78, 5) is 11.4. The number of urea groups is 1. The molecule has 5 heteroatoms. The van der Waals surface area contributed by atoms with Crippen molar-refractivity contribution in [2.75, 3.05) is 20.3 Å². The highest BCUT2D eigenvalue weighted by molar-refractivity contribution is 5.74. The SMILES string of the molecule is CCNC(=O)NC1COc2ccc(OC)cc2C1. The first kappa shape index (κ1) is 12.5. The third-order valence-corrected chi connectivity index (χ3v) is 2.85. The van der Waals surface area contributed by atoms with Crippen molar-refractivity contribution >= 4 is 6.03 Å². The number of rotatable bonds is 3. The second kappa shape index (κ2) is 5.62. The maximum Gasteiger partial charge on any atom is 0.315 e. The fourth-order valence-corrected chi connectivity index (χ4v) is 1.99. The predicted molar refractivity (Wildman–Crippen MR) is 68.2 cm³/mol. The van der Waals surface area contributed by atoms with Crippen LogP contribution in [0.4, 0.5) is 4.79 Å². The van der Waals surface area contributed by atoms with Crippen molar-refractivity contribution in [2.24, 2.45) is 0 Å². The Bertz CT molecular complexity index is 434. The molecule has 1 aromatic rings. The van der Waals surface area contributed by atoms with Crippen LogP contribution in [0.2, 0.25) is 0 Å². The number of fused-ring (bicyclic) bond motifs is 1. The monoisotopic (exact) mass is 250 g/mol. The molecule has 0 fully saturated rings. The summed E-state index contributed by atoms with van der Waals surface area (Å²) in [6.07, 6.45) is 0.754. The predicted octanol–water partition coefficient (Wildman–Crippen LogP) is 1.32. The van der Waals surface area contributed by atoms with Gasteiger partial charge in [-0.1, -0.05) is 0 Å².